The fourth-order valence-corrected chi connectivity index (χ4v) is 4.30. The van der Waals surface area contributed by atoms with Crippen molar-refractivity contribution in [1.82, 2.24) is 9.88 Å². The molecule has 1 aromatic heterocycles. The largest absolute Gasteiger partial charge is 0.329 e. The van der Waals surface area contributed by atoms with Gasteiger partial charge in [0.1, 0.15) is 0 Å². The first-order chi connectivity index (χ1) is 8.39. The van der Waals surface area contributed by atoms with Crippen molar-refractivity contribution in [2.45, 2.75) is 45.7 Å². The van der Waals surface area contributed by atoms with Crippen molar-refractivity contribution in [2.75, 3.05) is 13.6 Å². The van der Waals surface area contributed by atoms with Gasteiger partial charge in [-0.1, -0.05) is 20.8 Å². The monoisotopic (exact) mass is 267 g/mol. The van der Waals surface area contributed by atoms with Gasteiger partial charge in [0.05, 0.1) is 11.2 Å². The highest BCUT2D eigenvalue weighted by molar-refractivity contribution is 7.07. The van der Waals surface area contributed by atoms with Gasteiger partial charge in [0.25, 0.3) is 0 Å². The average Bonchev–Trinajstić information content (AvgIpc) is 2.84. The highest BCUT2D eigenvalue weighted by Crippen LogP contribution is 2.49. The standard InChI is InChI=1S/C14H25N3S/c1-11-5-13(2,3)8-14(11,9-15)17(4)6-12-7-18-10-16-12/h7,10-11H,5-6,8-9,15H2,1-4H3. The van der Waals surface area contributed by atoms with Crippen LogP contribution in [0.4, 0.5) is 0 Å². The van der Waals surface area contributed by atoms with Crippen molar-refractivity contribution >= 4 is 11.3 Å². The number of thiazole rings is 1. The first kappa shape index (κ1) is 14.0. The van der Waals surface area contributed by atoms with Crippen LogP contribution >= 0.6 is 11.3 Å². The predicted molar refractivity (Wildman–Crippen MR) is 77.5 cm³/mol. The Kier molecular flexibility index (Phi) is 3.81. The quantitative estimate of drug-likeness (QED) is 0.912. The van der Waals surface area contributed by atoms with Crippen molar-refractivity contribution < 1.29 is 0 Å². The summed E-state index contributed by atoms with van der Waals surface area (Å²) in [6.07, 6.45) is 2.43. The molecule has 1 fully saturated rings. The van der Waals surface area contributed by atoms with Crippen LogP contribution in [-0.2, 0) is 6.54 Å². The second kappa shape index (κ2) is 4.91. The highest BCUT2D eigenvalue weighted by Gasteiger charge is 2.49. The highest BCUT2D eigenvalue weighted by atomic mass is 32.1. The summed E-state index contributed by atoms with van der Waals surface area (Å²) in [5.74, 6) is 0.640. The summed E-state index contributed by atoms with van der Waals surface area (Å²) < 4.78 is 0. The number of likely N-dealkylation sites (N-methyl/N-ethyl adjacent to an activating group) is 1. The molecule has 0 amide bonds. The minimum atomic E-state index is 0.132. The summed E-state index contributed by atoms with van der Waals surface area (Å²) in [4.78, 5) is 6.82. The predicted octanol–water partition coefficient (Wildman–Crippen LogP) is 2.73. The lowest BCUT2D eigenvalue weighted by atomic mass is 9.85. The van der Waals surface area contributed by atoms with E-state index < -0.39 is 0 Å². The Balaban J connectivity index is 2.17. The second-order valence-corrected chi connectivity index (χ2v) is 7.31. The Labute approximate surface area is 114 Å². The molecule has 0 aliphatic heterocycles. The van der Waals surface area contributed by atoms with Gasteiger partial charge in [0.2, 0.25) is 0 Å². The Morgan fingerprint density at radius 1 is 1.56 bits per heavy atom. The number of hydrogen-bond donors (Lipinski definition) is 1. The molecule has 1 aliphatic rings. The Bertz CT molecular complexity index is 388. The van der Waals surface area contributed by atoms with Crippen molar-refractivity contribution in [3.05, 3.63) is 16.6 Å². The number of nitrogens with zero attached hydrogens (tertiary/aromatic N) is 2. The Morgan fingerprint density at radius 3 is 2.72 bits per heavy atom. The zero-order chi connectivity index (χ0) is 13.4. The second-order valence-electron chi connectivity index (χ2n) is 6.59. The Morgan fingerprint density at radius 2 is 2.28 bits per heavy atom. The molecule has 2 rings (SSSR count). The lowest BCUT2D eigenvalue weighted by molar-refractivity contribution is 0.0776. The van der Waals surface area contributed by atoms with Crippen LogP contribution in [0.5, 0.6) is 0 Å². The molecule has 102 valence electrons. The molecule has 18 heavy (non-hydrogen) atoms. The maximum absolute atomic E-state index is 6.15. The van der Waals surface area contributed by atoms with E-state index in [1.807, 2.05) is 5.51 Å². The summed E-state index contributed by atoms with van der Waals surface area (Å²) in [6.45, 7) is 8.70. The van der Waals surface area contributed by atoms with Crippen molar-refractivity contribution in [1.29, 1.82) is 0 Å². The summed E-state index contributed by atoms with van der Waals surface area (Å²) in [5.41, 5.74) is 9.74. The first-order valence-electron chi connectivity index (χ1n) is 6.68. The van der Waals surface area contributed by atoms with E-state index in [-0.39, 0.29) is 5.54 Å². The minimum Gasteiger partial charge on any atom is -0.329 e. The van der Waals surface area contributed by atoms with Crippen LogP contribution in [0.3, 0.4) is 0 Å². The molecule has 1 saturated carbocycles. The fraction of sp³-hybridized carbons (Fsp3) is 0.786. The topological polar surface area (TPSA) is 42.1 Å². The van der Waals surface area contributed by atoms with Crippen molar-refractivity contribution in [3.63, 3.8) is 0 Å². The summed E-state index contributed by atoms with van der Waals surface area (Å²) >= 11 is 1.66. The van der Waals surface area contributed by atoms with E-state index in [1.165, 1.54) is 12.8 Å². The fourth-order valence-electron chi connectivity index (χ4n) is 3.75. The smallest absolute Gasteiger partial charge is 0.0795 e. The molecule has 0 spiro atoms. The molecule has 1 heterocycles. The van der Waals surface area contributed by atoms with Gasteiger partial charge in [-0.3, -0.25) is 4.90 Å². The summed E-state index contributed by atoms with van der Waals surface area (Å²) in [7, 11) is 2.20. The maximum atomic E-state index is 6.15. The van der Waals surface area contributed by atoms with Crippen LogP contribution in [0.25, 0.3) is 0 Å². The molecule has 4 heteroatoms. The van der Waals surface area contributed by atoms with Gasteiger partial charge in [-0.25, -0.2) is 4.98 Å². The van der Waals surface area contributed by atoms with E-state index >= 15 is 0 Å². The van der Waals surface area contributed by atoms with E-state index in [0.29, 0.717) is 11.3 Å². The average molecular weight is 267 g/mol. The number of aromatic nitrogens is 1. The summed E-state index contributed by atoms with van der Waals surface area (Å²) in [5, 5.41) is 2.13. The van der Waals surface area contributed by atoms with E-state index in [0.717, 1.165) is 18.8 Å². The molecule has 1 aliphatic carbocycles. The van der Waals surface area contributed by atoms with Crippen molar-refractivity contribution in [2.24, 2.45) is 17.1 Å². The van der Waals surface area contributed by atoms with Gasteiger partial charge >= 0.3 is 0 Å². The van der Waals surface area contributed by atoms with E-state index in [4.69, 9.17) is 5.73 Å². The van der Waals surface area contributed by atoms with Gasteiger partial charge in [-0.2, -0.15) is 0 Å². The van der Waals surface area contributed by atoms with Gasteiger partial charge in [-0.05, 0) is 31.2 Å². The zero-order valence-corrected chi connectivity index (χ0v) is 12.8. The molecule has 3 nitrogen and oxygen atoms in total. The van der Waals surface area contributed by atoms with Crippen LogP contribution in [0.1, 0.15) is 39.3 Å². The summed E-state index contributed by atoms with van der Waals surface area (Å²) in [6, 6.07) is 0. The van der Waals surface area contributed by atoms with Crippen LogP contribution in [0, 0.1) is 11.3 Å². The van der Waals surface area contributed by atoms with Gasteiger partial charge in [-0.15, -0.1) is 11.3 Å². The van der Waals surface area contributed by atoms with E-state index in [9.17, 15) is 0 Å². The molecule has 1 aromatic rings. The molecule has 2 unspecified atom stereocenters. The van der Waals surface area contributed by atoms with Gasteiger partial charge in [0.15, 0.2) is 0 Å². The SMILES string of the molecule is CC1CC(C)(C)CC1(CN)N(C)Cc1cscn1. The molecule has 0 saturated heterocycles. The number of hydrogen-bond acceptors (Lipinski definition) is 4. The van der Waals surface area contributed by atoms with E-state index in [2.05, 4.69) is 43.1 Å². The molecular weight excluding hydrogens is 242 g/mol. The molecular formula is C14H25N3S. The molecule has 0 aromatic carbocycles. The van der Waals surface area contributed by atoms with Crippen molar-refractivity contribution in [3.8, 4) is 0 Å². The minimum absolute atomic E-state index is 0.132. The molecule has 0 radical (unpaired) electrons. The lowest BCUT2D eigenvalue weighted by Crippen LogP contribution is -2.54. The third-order valence-electron chi connectivity index (χ3n) is 4.56. The van der Waals surface area contributed by atoms with Crippen LogP contribution in [0.2, 0.25) is 0 Å². The van der Waals surface area contributed by atoms with Gasteiger partial charge in [0, 0.05) is 24.0 Å². The number of nitrogens with two attached hydrogens (primary N) is 1. The van der Waals surface area contributed by atoms with Gasteiger partial charge < -0.3 is 5.73 Å². The third kappa shape index (κ3) is 2.46. The van der Waals surface area contributed by atoms with Crippen LogP contribution in [0.15, 0.2) is 10.9 Å². The lowest BCUT2D eigenvalue weighted by Gasteiger charge is -2.42. The normalized spacial score (nSPS) is 31.1. The Hall–Kier alpha value is -0.450. The third-order valence-corrected chi connectivity index (χ3v) is 5.19. The maximum Gasteiger partial charge on any atom is 0.0795 e. The van der Waals surface area contributed by atoms with E-state index in [1.54, 1.807) is 11.3 Å². The zero-order valence-electron chi connectivity index (χ0n) is 11.9. The van der Waals surface area contributed by atoms with Crippen LogP contribution in [-0.4, -0.2) is 29.0 Å². The number of rotatable bonds is 4. The molecule has 2 N–H and O–H groups in total. The molecule has 2 atom stereocenters. The molecule has 0 bridgehead atoms. The first-order valence-corrected chi connectivity index (χ1v) is 7.62. The van der Waals surface area contributed by atoms with Crippen LogP contribution < -0.4 is 5.73 Å².